The van der Waals surface area contributed by atoms with Gasteiger partial charge in [-0.15, -0.1) is 0 Å². The summed E-state index contributed by atoms with van der Waals surface area (Å²) in [5.41, 5.74) is 7.38. The Hall–Kier alpha value is -2.87. The zero-order valence-corrected chi connectivity index (χ0v) is 14.2. The molecule has 2 aromatic carbocycles. The molecule has 0 atom stereocenters. The zero-order valence-electron chi connectivity index (χ0n) is 14.2. The molecule has 0 aliphatic carbocycles. The summed E-state index contributed by atoms with van der Waals surface area (Å²) in [6.45, 7) is 10.3. The molecule has 2 aromatic heterocycles. The molecule has 118 valence electrons. The van der Waals surface area contributed by atoms with E-state index < -0.39 is 0 Å². The molecule has 4 rings (SSSR count). The number of pyridine rings is 1. The molecule has 2 heteroatoms. The molecule has 0 fully saturated rings. The fraction of sp³-hybridized carbons (Fsp3) is 0.136. The largest absolute Gasteiger partial charge is 0.454 e. The number of hydrogen-bond donors (Lipinski definition) is 0. The number of aryl methyl sites for hydroxylation is 3. The van der Waals surface area contributed by atoms with Gasteiger partial charge >= 0.3 is 0 Å². The van der Waals surface area contributed by atoms with E-state index in [1.54, 1.807) is 0 Å². The van der Waals surface area contributed by atoms with Gasteiger partial charge in [-0.05, 0) is 44.0 Å². The van der Waals surface area contributed by atoms with Crippen LogP contribution in [-0.4, -0.2) is 4.98 Å². The fourth-order valence-electron chi connectivity index (χ4n) is 3.46. The van der Waals surface area contributed by atoms with Gasteiger partial charge in [0.05, 0.1) is 5.52 Å². The predicted molar refractivity (Wildman–Crippen MR) is 101 cm³/mol. The lowest BCUT2D eigenvalue weighted by atomic mass is 9.99. The van der Waals surface area contributed by atoms with Crippen LogP contribution in [0, 0.1) is 20.8 Å². The Kier molecular flexibility index (Phi) is 3.27. The van der Waals surface area contributed by atoms with Crippen LogP contribution in [0.15, 0.2) is 53.5 Å². The van der Waals surface area contributed by atoms with Gasteiger partial charge < -0.3 is 4.42 Å². The van der Waals surface area contributed by atoms with Crippen LogP contribution in [0.25, 0.3) is 39.4 Å². The van der Waals surface area contributed by atoms with Crippen molar-refractivity contribution in [1.29, 1.82) is 0 Å². The highest BCUT2D eigenvalue weighted by Gasteiger charge is 2.16. The third-order valence-corrected chi connectivity index (χ3v) is 4.69. The Bertz CT molecular complexity index is 1100. The molecule has 0 aliphatic heterocycles. The van der Waals surface area contributed by atoms with Gasteiger partial charge in [0.2, 0.25) is 0 Å². The van der Waals surface area contributed by atoms with Gasteiger partial charge in [-0.3, -0.25) is 0 Å². The summed E-state index contributed by atoms with van der Waals surface area (Å²) < 4.78 is 6.10. The molecule has 0 saturated heterocycles. The normalized spacial score (nSPS) is 11.3. The standard InChI is InChI=1S/C22H19NO/c1-5-16-11-10-13(2)20-14(3)12-18(23-21(16)20)22-15(4)17-8-6-7-9-19(17)24-22/h5-12H,1H2,2-4H3. The second-order valence-corrected chi connectivity index (χ2v) is 6.28. The van der Waals surface area contributed by atoms with E-state index in [0.29, 0.717) is 0 Å². The van der Waals surface area contributed by atoms with Gasteiger partial charge in [0.15, 0.2) is 5.76 Å². The smallest absolute Gasteiger partial charge is 0.156 e. The summed E-state index contributed by atoms with van der Waals surface area (Å²) in [5.74, 6) is 0.845. The van der Waals surface area contributed by atoms with E-state index in [1.807, 2.05) is 24.3 Å². The van der Waals surface area contributed by atoms with Crippen LogP contribution in [0.4, 0.5) is 0 Å². The summed E-state index contributed by atoms with van der Waals surface area (Å²) in [6.07, 6.45) is 1.86. The van der Waals surface area contributed by atoms with Gasteiger partial charge in [0, 0.05) is 21.9 Å². The highest BCUT2D eigenvalue weighted by molar-refractivity contribution is 5.94. The van der Waals surface area contributed by atoms with Crippen molar-refractivity contribution in [2.75, 3.05) is 0 Å². The van der Waals surface area contributed by atoms with Crippen molar-refractivity contribution in [2.45, 2.75) is 20.8 Å². The zero-order chi connectivity index (χ0) is 16.8. The average Bonchev–Trinajstić information content (AvgIpc) is 2.92. The molecule has 0 unspecified atom stereocenters. The van der Waals surface area contributed by atoms with Crippen molar-refractivity contribution < 1.29 is 4.42 Å². The molecule has 0 amide bonds. The quantitative estimate of drug-likeness (QED) is 0.439. The van der Waals surface area contributed by atoms with E-state index in [4.69, 9.17) is 9.40 Å². The predicted octanol–water partition coefficient (Wildman–Crippen LogP) is 6.22. The first-order chi connectivity index (χ1) is 11.6. The Morgan fingerprint density at radius 1 is 1.00 bits per heavy atom. The summed E-state index contributed by atoms with van der Waals surface area (Å²) in [7, 11) is 0. The maximum atomic E-state index is 6.10. The van der Waals surface area contributed by atoms with Crippen molar-refractivity contribution in [3.05, 3.63) is 71.3 Å². The summed E-state index contributed by atoms with van der Waals surface area (Å²) >= 11 is 0. The Morgan fingerprint density at radius 2 is 1.79 bits per heavy atom. The van der Waals surface area contributed by atoms with Gasteiger partial charge in [0.25, 0.3) is 0 Å². The molecule has 2 nitrogen and oxygen atoms in total. The molecule has 2 heterocycles. The molecular formula is C22H19NO. The number of aromatic nitrogens is 1. The summed E-state index contributed by atoms with van der Waals surface area (Å²) in [6, 6.07) is 14.4. The first kappa shape index (κ1) is 14.7. The van der Waals surface area contributed by atoms with Crippen LogP contribution in [0.2, 0.25) is 0 Å². The molecule has 0 N–H and O–H groups in total. The Labute approximate surface area is 141 Å². The Balaban J connectivity index is 2.07. The number of nitrogens with zero attached hydrogens (tertiary/aromatic N) is 1. The maximum absolute atomic E-state index is 6.10. The lowest BCUT2D eigenvalue weighted by Gasteiger charge is -2.10. The Morgan fingerprint density at radius 3 is 2.54 bits per heavy atom. The third kappa shape index (κ3) is 2.07. The van der Waals surface area contributed by atoms with E-state index in [9.17, 15) is 0 Å². The number of fused-ring (bicyclic) bond motifs is 2. The highest BCUT2D eigenvalue weighted by atomic mass is 16.3. The van der Waals surface area contributed by atoms with E-state index >= 15 is 0 Å². The van der Waals surface area contributed by atoms with Crippen LogP contribution in [0.5, 0.6) is 0 Å². The van der Waals surface area contributed by atoms with E-state index in [0.717, 1.165) is 39.1 Å². The maximum Gasteiger partial charge on any atom is 0.156 e. The average molecular weight is 313 g/mol. The molecule has 0 bridgehead atoms. The van der Waals surface area contributed by atoms with Crippen molar-refractivity contribution in [1.82, 2.24) is 4.98 Å². The first-order valence-electron chi connectivity index (χ1n) is 8.12. The van der Waals surface area contributed by atoms with Crippen LogP contribution in [-0.2, 0) is 0 Å². The number of hydrogen-bond acceptors (Lipinski definition) is 2. The van der Waals surface area contributed by atoms with Gasteiger partial charge in [0.1, 0.15) is 11.3 Å². The minimum absolute atomic E-state index is 0.845. The van der Waals surface area contributed by atoms with Crippen LogP contribution in [0.1, 0.15) is 22.3 Å². The molecule has 4 aromatic rings. The first-order valence-corrected chi connectivity index (χ1v) is 8.12. The lowest BCUT2D eigenvalue weighted by molar-refractivity contribution is 0.626. The van der Waals surface area contributed by atoms with Crippen LogP contribution >= 0.6 is 0 Å². The topological polar surface area (TPSA) is 26.0 Å². The molecule has 0 saturated carbocycles. The van der Waals surface area contributed by atoms with Crippen LogP contribution in [0.3, 0.4) is 0 Å². The SMILES string of the molecule is C=Cc1ccc(C)c2c(C)cc(-c3oc4ccccc4c3C)nc12. The highest BCUT2D eigenvalue weighted by Crippen LogP contribution is 2.35. The molecule has 0 spiro atoms. The summed E-state index contributed by atoms with van der Waals surface area (Å²) in [5, 5.41) is 2.34. The number of furan rings is 1. The van der Waals surface area contributed by atoms with Crippen molar-refractivity contribution in [2.24, 2.45) is 0 Å². The van der Waals surface area contributed by atoms with E-state index in [1.165, 1.54) is 16.5 Å². The second-order valence-electron chi connectivity index (χ2n) is 6.28. The second kappa shape index (κ2) is 5.34. The number of para-hydroxylation sites is 1. The van der Waals surface area contributed by atoms with E-state index in [-0.39, 0.29) is 0 Å². The third-order valence-electron chi connectivity index (χ3n) is 4.69. The molecule has 24 heavy (non-hydrogen) atoms. The van der Waals surface area contributed by atoms with E-state index in [2.05, 4.69) is 51.6 Å². The monoisotopic (exact) mass is 313 g/mol. The summed E-state index contributed by atoms with van der Waals surface area (Å²) in [4.78, 5) is 4.93. The van der Waals surface area contributed by atoms with Gasteiger partial charge in [-0.25, -0.2) is 4.98 Å². The molecular weight excluding hydrogens is 294 g/mol. The van der Waals surface area contributed by atoms with Crippen molar-refractivity contribution >= 4 is 27.9 Å². The number of rotatable bonds is 2. The minimum Gasteiger partial charge on any atom is -0.454 e. The lowest BCUT2D eigenvalue weighted by Crippen LogP contribution is -1.93. The van der Waals surface area contributed by atoms with Gasteiger partial charge in [-0.2, -0.15) is 0 Å². The fourth-order valence-corrected chi connectivity index (χ4v) is 3.46. The van der Waals surface area contributed by atoms with Crippen molar-refractivity contribution in [3.8, 4) is 11.5 Å². The molecule has 0 radical (unpaired) electrons. The van der Waals surface area contributed by atoms with Gasteiger partial charge in [-0.1, -0.05) is 43.0 Å². The minimum atomic E-state index is 0.845. The molecule has 0 aliphatic rings. The van der Waals surface area contributed by atoms with Crippen molar-refractivity contribution in [3.63, 3.8) is 0 Å². The number of benzene rings is 2. The van der Waals surface area contributed by atoms with Crippen LogP contribution < -0.4 is 0 Å².